The van der Waals surface area contributed by atoms with Crippen molar-refractivity contribution in [1.82, 2.24) is 15.6 Å². The molecule has 172 valence electrons. The van der Waals surface area contributed by atoms with Gasteiger partial charge in [-0.05, 0) is 46.0 Å². The lowest BCUT2D eigenvalue weighted by Gasteiger charge is -2.21. The summed E-state index contributed by atoms with van der Waals surface area (Å²) >= 11 is 1.36. The molecule has 2 N–H and O–H groups in total. The molecule has 0 aliphatic carbocycles. The molecule has 8 nitrogen and oxygen atoms in total. The van der Waals surface area contributed by atoms with Gasteiger partial charge >= 0.3 is 5.97 Å². The SMILES string of the molecule is CCOC(=O)c1sc(C(C)NC(=NC)NCCCOCC2CCOCC2)nc1C.I. The maximum atomic E-state index is 12.0. The van der Waals surface area contributed by atoms with Crippen molar-refractivity contribution >= 4 is 47.2 Å². The van der Waals surface area contributed by atoms with Gasteiger partial charge in [-0.2, -0.15) is 0 Å². The third-order valence-electron chi connectivity index (χ3n) is 4.67. The normalized spacial score (nSPS) is 15.9. The van der Waals surface area contributed by atoms with Crippen molar-refractivity contribution in [2.24, 2.45) is 10.9 Å². The van der Waals surface area contributed by atoms with Gasteiger partial charge in [-0.1, -0.05) is 0 Å². The zero-order valence-corrected chi connectivity index (χ0v) is 21.5. The quantitative estimate of drug-likeness (QED) is 0.151. The zero-order chi connectivity index (χ0) is 21.1. The molecule has 1 aliphatic rings. The Kier molecular flexibility index (Phi) is 13.5. The number of nitrogens with zero attached hydrogens (tertiary/aromatic N) is 2. The molecule has 10 heteroatoms. The van der Waals surface area contributed by atoms with E-state index in [1.165, 1.54) is 11.3 Å². The molecule has 1 saturated heterocycles. The van der Waals surface area contributed by atoms with Gasteiger partial charge in [0.25, 0.3) is 0 Å². The third-order valence-corrected chi connectivity index (χ3v) is 5.99. The third kappa shape index (κ3) is 9.03. The van der Waals surface area contributed by atoms with Gasteiger partial charge in [0.15, 0.2) is 5.96 Å². The highest BCUT2D eigenvalue weighted by molar-refractivity contribution is 14.0. The largest absolute Gasteiger partial charge is 0.462 e. The predicted molar refractivity (Wildman–Crippen MR) is 130 cm³/mol. The molecule has 0 bridgehead atoms. The highest BCUT2D eigenvalue weighted by Crippen LogP contribution is 2.24. The number of aliphatic imine (C=N–C) groups is 1. The van der Waals surface area contributed by atoms with Crippen LogP contribution in [0.4, 0.5) is 0 Å². The Bertz CT molecular complexity index is 665. The van der Waals surface area contributed by atoms with Gasteiger partial charge in [0.05, 0.1) is 18.3 Å². The molecule has 2 heterocycles. The molecule has 0 radical (unpaired) electrons. The van der Waals surface area contributed by atoms with E-state index < -0.39 is 0 Å². The van der Waals surface area contributed by atoms with Crippen LogP contribution in [-0.2, 0) is 14.2 Å². The first-order chi connectivity index (χ1) is 14.0. The van der Waals surface area contributed by atoms with Crippen molar-refractivity contribution in [2.75, 3.05) is 46.6 Å². The highest BCUT2D eigenvalue weighted by atomic mass is 127. The van der Waals surface area contributed by atoms with Gasteiger partial charge in [-0.3, -0.25) is 4.99 Å². The van der Waals surface area contributed by atoms with Crippen LogP contribution in [-0.4, -0.2) is 63.5 Å². The predicted octanol–water partition coefficient (Wildman–Crippen LogP) is 3.31. The standard InChI is InChI=1S/C20H34N4O4S.HI/c1-5-28-19(25)17-14(2)23-18(29-17)15(3)24-20(21-4)22-9-6-10-27-13-16-7-11-26-12-8-16;/h15-16H,5-13H2,1-4H3,(H2,21,22,24);1H. The van der Waals surface area contributed by atoms with Crippen LogP contribution < -0.4 is 10.6 Å². The summed E-state index contributed by atoms with van der Waals surface area (Å²) in [6, 6.07) is -0.0714. The second kappa shape index (κ2) is 14.9. The summed E-state index contributed by atoms with van der Waals surface area (Å²) in [5, 5.41) is 7.44. The molecular formula is C20H35IN4O4S. The van der Waals surface area contributed by atoms with Crippen LogP contribution in [0.2, 0.25) is 0 Å². The summed E-state index contributed by atoms with van der Waals surface area (Å²) in [5.41, 5.74) is 0.696. The molecule has 1 aliphatic heterocycles. The molecule has 1 fully saturated rings. The van der Waals surface area contributed by atoms with Crippen LogP contribution in [0.3, 0.4) is 0 Å². The van der Waals surface area contributed by atoms with Crippen LogP contribution in [0.15, 0.2) is 4.99 Å². The van der Waals surface area contributed by atoms with Gasteiger partial charge in [0.2, 0.25) is 0 Å². The van der Waals surface area contributed by atoms with E-state index in [0.29, 0.717) is 29.1 Å². The lowest BCUT2D eigenvalue weighted by Crippen LogP contribution is -2.39. The summed E-state index contributed by atoms with van der Waals surface area (Å²) < 4.78 is 16.2. The van der Waals surface area contributed by atoms with Crippen LogP contribution in [0.5, 0.6) is 0 Å². The van der Waals surface area contributed by atoms with E-state index in [1.807, 2.05) is 13.8 Å². The van der Waals surface area contributed by atoms with Crippen LogP contribution >= 0.6 is 35.3 Å². The van der Waals surface area contributed by atoms with Crippen molar-refractivity contribution in [2.45, 2.75) is 46.1 Å². The average Bonchev–Trinajstić information content (AvgIpc) is 3.12. The van der Waals surface area contributed by atoms with Gasteiger partial charge in [-0.25, -0.2) is 9.78 Å². The van der Waals surface area contributed by atoms with Gasteiger partial charge in [0.1, 0.15) is 9.88 Å². The van der Waals surface area contributed by atoms with Gasteiger partial charge in [0, 0.05) is 40.0 Å². The second-order valence-corrected chi connectivity index (χ2v) is 8.07. The Balaban J connectivity index is 0.00000450. The molecule has 0 spiro atoms. The second-order valence-electron chi connectivity index (χ2n) is 7.04. The molecule has 0 amide bonds. The molecule has 1 aromatic rings. The zero-order valence-electron chi connectivity index (χ0n) is 18.4. The number of hydrogen-bond acceptors (Lipinski definition) is 7. The number of nitrogens with one attached hydrogen (secondary N) is 2. The number of hydrogen-bond donors (Lipinski definition) is 2. The minimum Gasteiger partial charge on any atom is -0.462 e. The summed E-state index contributed by atoms with van der Waals surface area (Å²) in [6.07, 6.45) is 3.10. The van der Waals surface area contributed by atoms with E-state index in [-0.39, 0.29) is 36.0 Å². The molecule has 30 heavy (non-hydrogen) atoms. The Hall–Kier alpha value is -0.980. The maximum absolute atomic E-state index is 12.0. The van der Waals surface area contributed by atoms with Crippen molar-refractivity contribution < 1.29 is 19.0 Å². The van der Waals surface area contributed by atoms with E-state index >= 15 is 0 Å². The highest BCUT2D eigenvalue weighted by Gasteiger charge is 2.20. The van der Waals surface area contributed by atoms with Crippen LogP contribution in [0, 0.1) is 12.8 Å². The van der Waals surface area contributed by atoms with E-state index in [2.05, 4.69) is 20.6 Å². The van der Waals surface area contributed by atoms with Gasteiger partial charge < -0.3 is 24.8 Å². The number of thiazole rings is 1. The number of carbonyl (C=O) groups is 1. The monoisotopic (exact) mass is 554 g/mol. The minimum absolute atomic E-state index is 0. The summed E-state index contributed by atoms with van der Waals surface area (Å²) in [6.45, 7) is 10.0. The van der Waals surface area contributed by atoms with E-state index in [1.54, 1.807) is 14.0 Å². The number of halogens is 1. The first-order valence-corrected chi connectivity index (χ1v) is 11.1. The van der Waals surface area contributed by atoms with Crippen molar-refractivity contribution in [3.63, 3.8) is 0 Å². The fourth-order valence-corrected chi connectivity index (χ4v) is 3.96. The number of esters is 1. The first kappa shape index (κ1) is 27.1. The number of rotatable bonds is 10. The molecule has 2 rings (SSSR count). The lowest BCUT2D eigenvalue weighted by molar-refractivity contribution is 0.0203. The molecular weight excluding hydrogens is 519 g/mol. The fraction of sp³-hybridized carbons (Fsp3) is 0.750. The minimum atomic E-state index is -0.316. The van der Waals surface area contributed by atoms with Gasteiger partial charge in [-0.15, -0.1) is 35.3 Å². The number of aryl methyl sites for hydroxylation is 1. The lowest BCUT2D eigenvalue weighted by atomic mass is 10.0. The van der Waals surface area contributed by atoms with E-state index in [0.717, 1.165) is 57.2 Å². The topological polar surface area (TPSA) is 94.1 Å². The van der Waals surface area contributed by atoms with E-state index in [4.69, 9.17) is 14.2 Å². The van der Waals surface area contributed by atoms with Crippen molar-refractivity contribution in [3.8, 4) is 0 Å². The first-order valence-electron chi connectivity index (χ1n) is 10.3. The van der Waals surface area contributed by atoms with E-state index in [9.17, 15) is 4.79 Å². The van der Waals surface area contributed by atoms with Crippen molar-refractivity contribution in [3.05, 3.63) is 15.6 Å². The Morgan fingerprint density at radius 3 is 2.80 bits per heavy atom. The summed E-state index contributed by atoms with van der Waals surface area (Å²) in [5.74, 6) is 1.02. The molecule has 0 aromatic carbocycles. The molecule has 0 saturated carbocycles. The Morgan fingerprint density at radius 2 is 2.13 bits per heavy atom. The fourth-order valence-electron chi connectivity index (χ4n) is 2.99. The molecule has 1 aromatic heterocycles. The Morgan fingerprint density at radius 1 is 1.40 bits per heavy atom. The maximum Gasteiger partial charge on any atom is 0.350 e. The Labute approximate surface area is 200 Å². The molecule has 1 unspecified atom stereocenters. The number of ether oxygens (including phenoxy) is 3. The van der Waals surface area contributed by atoms with Crippen LogP contribution in [0.1, 0.15) is 59.5 Å². The number of aromatic nitrogens is 1. The number of guanidine groups is 1. The smallest absolute Gasteiger partial charge is 0.350 e. The average molecular weight is 554 g/mol. The summed E-state index contributed by atoms with van der Waals surface area (Å²) in [4.78, 5) is 21.3. The van der Waals surface area contributed by atoms with Crippen molar-refractivity contribution in [1.29, 1.82) is 0 Å². The summed E-state index contributed by atoms with van der Waals surface area (Å²) in [7, 11) is 1.74. The number of carbonyl (C=O) groups excluding carboxylic acids is 1. The van der Waals surface area contributed by atoms with Crippen LogP contribution in [0.25, 0.3) is 0 Å². The molecule has 1 atom stereocenters.